The van der Waals surface area contributed by atoms with Crippen LogP contribution in [0.4, 0.5) is 0 Å². The zero-order valence-corrected chi connectivity index (χ0v) is 7.22. The van der Waals surface area contributed by atoms with Crippen molar-refractivity contribution in [2.45, 2.75) is 20.3 Å². The average Bonchev–Trinajstić information content (AvgIpc) is 1.91. The molecule has 0 atom stereocenters. The van der Waals surface area contributed by atoms with Crippen molar-refractivity contribution in [3.05, 3.63) is 11.1 Å². The van der Waals surface area contributed by atoms with Crippen molar-refractivity contribution in [2.75, 3.05) is 12.8 Å². The van der Waals surface area contributed by atoms with E-state index < -0.39 is 0 Å². The van der Waals surface area contributed by atoms with Crippen LogP contribution in [0.3, 0.4) is 0 Å². The summed E-state index contributed by atoms with van der Waals surface area (Å²) in [6.07, 6.45) is 5.37. The summed E-state index contributed by atoms with van der Waals surface area (Å²) in [7, 11) is 0. The van der Waals surface area contributed by atoms with Gasteiger partial charge in [-0.2, -0.15) is 0 Å². The number of nitrogens with one attached hydrogen (secondary N) is 1. The molecule has 0 amide bonds. The average molecular weight is 145 g/mol. The van der Waals surface area contributed by atoms with Crippen LogP contribution in [-0.4, -0.2) is 12.8 Å². The third-order valence-corrected chi connectivity index (χ3v) is 1.85. The molecule has 0 saturated heterocycles. The molecule has 0 fully saturated rings. The molecule has 54 valence electrons. The van der Waals surface area contributed by atoms with Gasteiger partial charge in [0.25, 0.3) is 0 Å². The Morgan fingerprint density at radius 2 is 2.33 bits per heavy atom. The van der Waals surface area contributed by atoms with E-state index in [-0.39, 0.29) is 0 Å². The van der Waals surface area contributed by atoms with E-state index in [2.05, 4.69) is 31.5 Å². The van der Waals surface area contributed by atoms with Crippen LogP contribution in [0.2, 0.25) is 0 Å². The maximum atomic E-state index is 3.29. The molecule has 2 heteroatoms. The first-order chi connectivity index (χ1) is 4.35. The topological polar surface area (TPSA) is 12.0 Å². The fourth-order valence-electron chi connectivity index (χ4n) is 0.540. The molecule has 0 aromatic rings. The fraction of sp³-hybridized carbons (Fsp3) is 0.714. The van der Waals surface area contributed by atoms with Gasteiger partial charge in [0.15, 0.2) is 0 Å². The number of hydrogen-bond donors (Lipinski definition) is 1. The fourth-order valence-corrected chi connectivity index (χ4v) is 1.02. The summed E-state index contributed by atoms with van der Waals surface area (Å²) in [5.74, 6) is 0. The quantitative estimate of drug-likeness (QED) is 0.651. The van der Waals surface area contributed by atoms with Gasteiger partial charge in [0.05, 0.1) is 5.03 Å². The summed E-state index contributed by atoms with van der Waals surface area (Å²) in [5.41, 5.74) is 0. The second-order valence-corrected chi connectivity index (χ2v) is 2.63. The standard InChI is InChI=1S/C7H15NS/c1-4-6-8-7(5-2)9-3/h5,8H,4,6H2,1-3H3. The first kappa shape index (κ1) is 8.89. The van der Waals surface area contributed by atoms with E-state index in [4.69, 9.17) is 0 Å². The van der Waals surface area contributed by atoms with Crippen LogP contribution in [0.5, 0.6) is 0 Å². The van der Waals surface area contributed by atoms with Crippen LogP contribution in [0.1, 0.15) is 20.3 Å². The molecule has 0 radical (unpaired) electrons. The van der Waals surface area contributed by atoms with Crippen LogP contribution in [0.25, 0.3) is 0 Å². The molecule has 0 aromatic carbocycles. The van der Waals surface area contributed by atoms with Crippen LogP contribution >= 0.6 is 11.8 Å². The van der Waals surface area contributed by atoms with Crippen molar-refractivity contribution in [1.82, 2.24) is 5.32 Å². The summed E-state index contributed by atoms with van der Waals surface area (Å²) in [6.45, 7) is 5.30. The molecule has 0 aliphatic heterocycles. The van der Waals surface area contributed by atoms with Crippen molar-refractivity contribution < 1.29 is 0 Å². The Kier molecular flexibility index (Phi) is 5.94. The molecule has 0 heterocycles. The molecule has 0 aliphatic carbocycles. The minimum atomic E-state index is 1.08. The molecular weight excluding hydrogens is 130 g/mol. The second-order valence-electron chi connectivity index (χ2n) is 1.78. The molecule has 9 heavy (non-hydrogen) atoms. The van der Waals surface area contributed by atoms with Gasteiger partial charge in [0.1, 0.15) is 0 Å². The Balaban J connectivity index is 3.33. The van der Waals surface area contributed by atoms with Gasteiger partial charge in [-0.1, -0.05) is 13.0 Å². The number of rotatable bonds is 4. The minimum Gasteiger partial charge on any atom is -0.380 e. The van der Waals surface area contributed by atoms with Gasteiger partial charge >= 0.3 is 0 Å². The van der Waals surface area contributed by atoms with Gasteiger partial charge in [-0.25, -0.2) is 0 Å². The summed E-state index contributed by atoms with van der Waals surface area (Å²) in [6, 6.07) is 0. The highest BCUT2D eigenvalue weighted by Gasteiger charge is 1.86. The van der Waals surface area contributed by atoms with Gasteiger partial charge in [-0.3, -0.25) is 0 Å². The Morgan fingerprint density at radius 1 is 1.67 bits per heavy atom. The molecule has 1 nitrogen and oxygen atoms in total. The largest absolute Gasteiger partial charge is 0.380 e. The lowest BCUT2D eigenvalue weighted by Crippen LogP contribution is -2.10. The van der Waals surface area contributed by atoms with Crippen molar-refractivity contribution in [3.8, 4) is 0 Å². The van der Waals surface area contributed by atoms with Gasteiger partial charge in [-0.15, -0.1) is 11.8 Å². The maximum absolute atomic E-state index is 3.29. The van der Waals surface area contributed by atoms with Crippen molar-refractivity contribution in [3.63, 3.8) is 0 Å². The first-order valence-electron chi connectivity index (χ1n) is 3.29. The number of hydrogen-bond acceptors (Lipinski definition) is 2. The predicted octanol–water partition coefficient (Wildman–Crippen LogP) is 2.21. The van der Waals surface area contributed by atoms with E-state index in [1.54, 1.807) is 11.8 Å². The minimum absolute atomic E-state index is 1.08. The Morgan fingerprint density at radius 3 is 2.67 bits per heavy atom. The van der Waals surface area contributed by atoms with Crippen molar-refractivity contribution >= 4 is 11.8 Å². The molecule has 0 unspecified atom stereocenters. The lowest BCUT2D eigenvalue weighted by atomic mass is 10.5. The zero-order chi connectivity index (χ0) is 7.11. The van der Waals surface area contributed by atoms with E-state index >= 15 is 0 Å². The van der Waals surface area contributed by atoms with Crippen molar-refractivity contribution in [2.24, 2.45) is 0 Å². The normalized spacial score (nSPS) is 11.7. The van der Waals surface area contributed by atoms with Gasteiger partial charge < -0.3 is 5.32 Å². The molecule has 0 saturated carbocycles. The Bertz CT molecular complexity index is 88.9. The molecule has 1 N–H and O–H groups in total. The lowest BCUT2D eigenvalue weighted by molar-refractivity contribution is 0.799. The highest BCUT2D eigenvalue weighted by Crippen LogP contribution is 2.05. The molecule has 0 rings (SSSR count). The van der Waals surface area contributed by atoms with E-state index in [0.717, 1.165) is 6.54 Å². The number of thioether (sulfide) groups is 1. The summed E-state index contributed by atoms with van der Waals surface area (Å²) < 4.78 is 0. The van der Waals surface area contributed by atoms with Crippen molar-refractivity contribution in [1.29, 1.82) is 0 Å². The number of allylic oxidation sites excluding steroid dienone is 1. The molecular formula is C7H15NS. The van der Waals surface area contributed by atoms with E-state index in [1.165, 1.54) is 11.4 Å². The van der Waals surface area contributed by atoms with Crippen LogP contribution in [0.15, 0.2) is 11.1 Å². The molecule has 0 bridgehead atoms. The van der Waals surface area contributed by atoms with E-state index in [1.807, 2.05) is 0 Å². The maximum Gasteiger partial charge on any atom is 0.0635 e. The first-order valence-corrected chi connectivity index (χ1v) is 4.51. The van der Waals surface area contributed by atoms with Gasteiger partial charge in [0, 0.05) is 6.54 Å². The molecule has 0 aromatic heterocycles. The SMILES string of the molecule is CC=C(NCCC)SC. The van der Waals surface area contributed by atoms with Gasteiger partial charge in [0.2, 0.25) is 0 Å². The summed E-state index contributed by atoms with van der Waals surface area (Å²) in [4.78, 5) is 0. The molecule has 0 aliphatic rings. The van der Waals surface area contributed by atoms with E-state index in [0.29, 0.717) is 0 Å². The van der Waals surface area contributed by atoms with E-state index in [9.17, 15) is 0 Å². The summed E-state index contributed by atoms with van der Waals surface area (Å²) in [5, 5.41) is 4.57. The molecule has 0 spiro atoms. The zero-order valence-electron chi connectivity index (χ0n) is 6.40. The lowest BCUT2D eigenvalue weighted by Gasteiger charge is -2.04. The monoisotopic (exact) mass is 145 g/mol. The van der Waals surface area contributed by atoms with Crippen LogP contribution in [-0.2, 0) is 0 Å². The summed E-state index contributed by atoms with van der Waals surface area (Å²) >= 11 is 1.76. The Hall–Kier alpha value is -0.110. The highest BCUT2D eigenvalue weighted by molar-refractivity contribution is 8.02. The highest BCUT2D eigenvalue weighted by atomic mass is 32.2. The predicted molar refractivity (Wildman–Crippen MR) is 45.6 cm³/mol. The van der Waals surface area contributed by atoms with Crippen LogP contribution < -0.4 is 5.32 Å². The second kappa shape index (κ2) is 6.02. The third-order valence-electron chi connectivity index (χ3n) is 1.03. The van der Waals surface area contributed by atoms with Crippen LogP contribution in [0, 0.1) is 0 Å². The van der Waals surface area contributed by atoms with Gasteiger partial charge in [-0.05, 0) is 19.6 Å². The third kappa shape index (κ3) is 4.40. The smallest absolute Gasteiger partial charge is 0.0635 e. The Labute approximate surface area is 61.9 Å².